The highest BCUT2D eigenvalue weighted by Gasteiger charge is 2.41. The van der Waals surface area contributed by atoms with Crippen molar-refractivity contribution in [3.63, 3.8) is 0 Å². The Kier molecular flexibility index (Phi) is 5.38. The van der Waals surface area contributed by atoms with Crippen LogP contribution in [-0.4, -0.2) is 43.9 Å². The molecule has 10 heteroatoms. The van der Waals surface area contributed by atoms with Crippen LogP contribution in [0.2, 0.25) is 0 Å². The van der Waals surface area contributed by atoms with Crippen LogP contribution in [0.15, 0.2) is 84.9 Å². The maximum absolute atomic E-state index is 12.9. The first-order valence-electron chi connectivity index (χ1n) is 10.6. The molecule has 4 aromatic rings. The number of nitro benzene ring substituents is 1. The highest BCUT2D eigenvalue weighted by molar-refractivity contribution is 6.24. The molecule has 10 nitrogen and oxygen atoms in total. The van der Waals surface area contributed by atoms with E-state index in [1.807, 2.05) is 60.7 Å². The largest absolute Gasteiger partial charge is 0.309 e. The molecule has 0 unspecified atom stereocenters. The van der Waals surface area contributed by atoms with Gasteiger partial charge in [0, 0.05) is 17.7 Å². The van der Waals surface area contributed by atoms with Crippen molar-refractivity contribution in [2.45, 2.75) is 0 Å². The number of amides is 3. The molecular weight excluding hydrogens is 450 g/mol. The zero-order valence-electron chi connectivity index (χ0n) is 18.1. The molecule has 2 heterocycles. The van der Waals surface area contributed by atoms with E-state index < -0.39 is 34.9 Å². The zero-order chi connectivity index (χ0) is 24.5. The minimum atomic E-state index is -0.881. The van der Waals surface area contributed by atoms with Crippen LogP contribution in [0.4, 0.5) is 11.5 Å². The number of nitrogens with one attached hydrogen (secondary N) is 1. The molecule has 1 N–H and O–H groups in total. The minimum Gasteiger partial charge on any atom is -0.309 e. The van der Waals surface area contributed by atoms with E-state index in [1.54, 1.807) is 10.7 Å². The topological polar surface area (TPSA) is 127 Å². The predicted octanol–water partition coefficient (Wildman–Crippen LogP) is 3.68. The average Bonchev–Trinajstić information content (AvgIpc) is 3.40. The monoisotopic (exact) mass is 467 g/mol. The van der Waals surface area contributed by atoms with Crippen LogP contribution in [0.3, 0.4) is 0 Å². The molecule has 0 radical (unpaired) electrons. The summed E-state index contributed by atoms with van der Waals surface area (Å²) in [6.07, 6.45) is 0. The molecule has 172 valence electrons. The fraction of sp³-hybridized carbons (Fsp3) is 0.0400. The second-order valence-corrected chi connectivity index (χ2v) is 7.73. The molecule has 0 saturated heterocycles. The molecule has 0 aliphatic carbocycles. The molecule has 0 spiro atoms. The van der Waals surface area contributed by atoms with Crippen molar-refractivity contribution in [2.24, 2.45) is 0 Å². The summed E-state index contributed by atoms with van der Waals surface area (Å²) in [5.74, 6) is -1.96. The number of hydrogen-bond donors (Lipinski definition) is 1. The van der Waals surface area contributed by atoms with Crippen LogP contribution in [0.25, 0.3) is 16.9 Å². The summed E-state index contributed by atoms with van der Waals surface area (Å²) in [5, 5.41) is 18.6. The van der Waals surface area contributed by atoms with Gasteiger partial charge in [0.25, 0.3) is 17.5 Å². The predicted molar refractivity (Wildman–Crippen MR) is 126 cm³/mol. The molecule has 1 aliphatic heterocycles. The summed E-state index contributed by atoms with van der Waals surface area (Å²) in [6.45, 7) is -0.607. The Bertz CT molecular complexity index is 1480. The first kappa shape index (κ1) is 21.7. The number of fused-ring (bicyclic) bond motifs is 1. The number of anilines is 1. The Morgan fingerprint density at radius 1 is 0.914 bits per heavy atom. The fourth-order valence-corrected chi connectivity index (χ4v) is 3.92. The third-order valence-electron chi connectivity index (χ3n) is 5.52. The molecule has 35 heavy (non-hydrogen) atoms. The van der Waals surface area contributed by atoms with Crippen molar-refractivity contribution in [1.82, 2.24) is 14.7 Å². The molecule has 0 fully saturated rings. The first-order chi connectivity index (χ1) is 16.9. The average molecular weight is 467 g/mol. The Hall–Kier alpha value is -5.12. The first-order valence-corrected chi connectivity index (χ1v) is 10.6. The molecule has 0 atom stereocenters. The molecule has 1 aliphatic rings. The third kappa shape index (κ3) is 3.93. The van der Waals surface area contributed by atoms with E-state index in [2.05, 4.69) is 10.4 Å². The van der Waals surface area contributed by atoms with E-state index in [-0.39, 0.29) is 11.1 Å². The molecule has 3 aromatic carbocycles. The van der Waals surface area contributed by atoms with Crippen molar-refractivity contribution >= 4 is 29.2 Å². The normalized spacial score (nSPS) is 12.5. The van der Waals surface area contributed by atoms with Gasteiger partial charge >= 0.3 is 0 Å². The van der Waals surface area contributed by atoms with Crippen LogP contribution in [0.5, 0.6) is 0 Å². The van der Waals surface area contributed by atoms with Gasteiger partial charge in [-0.3, -0.25) is 29.4 Å². The van der Waals surface area contributed by atoms with Gasteiger partial charge in [0.2, 0.25) is 5.91 Å². The van der Waals surface area contributed by atoms with Gasteiger partial charge in [-0.1, -0.05) is 54.6 Å². The van der Waals surface area contributed by atoms with Gasteiger partial charge in [-0.05, 0) is 18.2 Å². The Balaban J connectivity index is 1.43. The second kappa shape index (κ2) is 8.67. The van der Waals surface area contributed by atoms with Crippen molar-refractivity contribution in [2.75, 3.05) is 11.9 Å². The number of benzene rings is 3. The Morgan fingerprint density at radius 2 is 1.60 bits per heavy atom. The van der Waals surface area contributed by atoms with E-state index in [0.29, 0.717) is 22.1 Å². The van der Waals surface area contributed by atoms with Crippen LogP contribution < -0.4 is 5.32 Å². The molecule has 1 aromatic heterocycles. The number of carbonyl (C=O) groups is 3. The lowest BCUT2D eigenvalue weighted by molar-refractivity contribution is -0.385. The number of para-hydroxylation sites is 1. The number of imide groups is 1. The minimum absolute atomic E-state index is 0.0994. The maximum Gasteiger partial charge on any atom is 0.282 e. The molecule has 0 bridgehead atoms. The fourth-order valence-electron chi connectivity index (χ4n) is 3.92. The van der Waals surface area contributed by atoms with Crippen LogP contribution in [0, 0.1) is 10.1 Å². The van der Waals surface area contributed by atoms with Crippen molar-refractivity contribution in [3.8, 4) is 16.9 Å². The number of aromatic nitrogens is 2. The SMILES string of the molecule is O=C(CN1C(=O)c2cccc([N+](=O)[O-])c2C1=O)Nc1cc(-c2ccccc2)nn1-c1ccccc1. The number of nitrogens with zero attached hydrogens (tertiary/aromatic N) is 4. The molecule has 3 amide bonds. The van der Waals surface area contributed by atoms with Gasteiger partial charge in [-0.15, -0.1) is 0 Å². The number of hydrogen-bond acceptors (Lipinski definition) is 6. The lowest BCUT2D eigenvalue weighted by Gasteiger charge is -2.14. The number of carbonyl (C=O) groups excluding carboxylic acids is 3. The lowest BCUT2D eigenvalue weighted by atomic mass is 10.1. The van der Waals surface area contributed by atoms with Gasteiger partial charge in [-0.2, -0.15) is 5.10 Å². The van der Waals surface area contributed by atoms with Gasteiger partial charge in [0.1, 0.15) is 17.9 Å². The van der Waals surface area contributed by atoms with Crippen molar-refractivity contribution in [3.05, 3.63) is 106 Å². The molecular formula is C25H17N5O5. The summed E-state index contributed by atoms with van der Waals surface area (Å²) in [6, 6.07) is 24.0. The summed E-state index contributed by atoms with van der Waals surface area (Å²) < 4.78 is 1.55. The van der Waals surface area contributed by atoms with Crippen molar-refractivity contribution < 1.29 is 19.3 Å². The van der Waals surface area contributed by atoms with Gasteiger partial charge in [0.05, 0.1) is 21.9 Å². The van der Waals surface area contributed by atoms with Gasteiger partial charge in [-0.25, -0.2) is 4.68 Å². The van der Waals surface area contributed by atoms with E-state index in [0.717, 1.165) is 11.6 Å². The Labute approximate surface area is 198 Å². The summed E-state index contributed by atoms with van der Waals surface area (Å²) in [7, 11) is 0. The highest BCUT2D eigenvalue weighted by atomic mass is 16.6. The lowest BCUT2D eigenvalue weighted by Crippen LogP contribution is -2.37. The summed E-state index contributed by atoms with van der Waals surface area (Å²) in [5.41, 5.74) is 1.26. The van der Waals surface area contributed by atoms with E-state index in [1.165, 1.54) is 12.1 Å². The van der Waals surface area contributed by atoms with Crippen LogP contribution in [-0.2, 0) is 4.79 Å². The maximum atomic E-state index is 12.9. The van der Waals surface area contributed by atoms with Crippen molar-refractivity contribution in [1.29, 1.82) is 0 Å². The highest BCUT2D eigenvalue weighted by Crippen LogP contribution is 2.31. The number of rotatable bonds is 6. The zero-order valence-corrected chi connectivity index (χ0v) is 18.1. The van der Waals surface area contributed by atoms with E-state index in [4.69, 9.17) is 0 Å². The molecule has 5 rings (SSSR count). The molecule has 0 saturated carbocycles. The van der Waals surface area contributed by atoms with Crippen LogP contribution in [0.1, 0.15) is 20.7 Å². The quantitative estimate of drug-likeness (QED) is 0.262. The third-order valence-corrected chi connectivity index (χ3v) is 5.52. The van der Waals surface area contributed by atoms with E-state index >= 15 is 0 Å². The standard InChI is InChI=1S/C25H17N5O5/c31-22(15-28-24(32)18-12-7-13-20(30(34)35)23(18)25(28)33)26-21-14-19(16-8-3-1-4-9-16)27-29(21)17-10-5-2-6-11-17/h1-14H,15H2,(H,26,31). The van der Waals surface area contributed by atoms with Crippen LogP contribution >= 0.6 is 0 Å². The van der Waals surface area contributed by atoms with Gasteiger partial charge < -0.3 is 5.32 Å². The number of nitro groups is 1. The summed E-state index contributed by atoms with van der Waals surface area (Å²) >= 11 is 0. The Morgan fingerprint density at radius 3 is 2.29 bits per heavy atom. The van der Waals surface area contributed by atoms with E-state index in [9.17, 15) is 24.5 Å². The van der Waals surface area contributed by atoms with Gasteiger partial charge in [0.15, 0.2) is 0 Å². The smallest absolute Gasteiger partial charge is 0.282 e. The second-order valence-electron chi connectivity index (χ2n) is 7.73. The summed E-state index contributed by atoms with van der Waals surface area (Å²) in [4.78, 5) is 49.7.